The number of likely N-dealkylation sites (N-methyl/N-ethyl adjacent to an activating group) is 1. The first-order chi connectivity index (χ1) is 12.7. The van der Waals surface area contributed by atoms with E-state index in [2.05, 4.69) is 34.0 Å². The third-order valence-electron chi connectivity index (χ3n) is 3.61. The van der Waals surface area contributed by atoms with Gasteiger partial charge in [-0.3, -0.25) is 14.9 Å². The summed E-state index contributed by atoms with van der Waals surface area (Å²) in [5, 5.41) is 14.8. The minimum absolute atomic E-state index is 0.0544. The van der Waals surface area contributed by atoms with Crippen LogP contribution in [0.2, 0.25) is 0 Å². The fourth-order valence-electron chi connectivity index (χ4n) is 2.82. The molecule has 0 atom stereocenters. The van der Waals surface area contributed by atoms with Gasteiger partial charge in [-0.2, -0.15) is 0 Å². The van der Waals surface area contributed by atoms with Crippen molar-refractivity contribution in [2.75, 3.05) is 51.0 Å². The summed E-state index contributed by atoms with van der Waals surface area (Å²) in [4.78, 5) is 34.7. The molecular weight excluding hydrogens is 364 g/mol. The molecule has 0 aliphatic rings. The second kappa shape index (κ2) is 9.13. The van der Waals surface area contributed by atoms with Crippen LogP contribution in [0.3, 0.4) is 0 Å². The number of ether oxygens (including phenoxy) is 1. The molecule has 1 aromatic heterocycles. The van der Waals surface area contributed by atoms with Crippen LogP contribution in [-0.4, -0.2) is 72.1 Å². The van der Waals surface area contributed by atoms with Gasteiger partial charge in [0.05, 0.1) is 4.92 Å². The Kier molecular flexibility index (Phi) is 7.68. The summed E-state index contributed by atoms with van der Waals surface area (Å²) in [6.07, 6.45) is 1.25. The van der Waals surface area contributed by atoms with Gasteiger partial charge in [0.25, 0.3) is 0 Å². The van der Waals surface area contributed by atoms with Crippen LogP contribution in [0.4, 0.5) is 17.3 Å². The van der Waals surface area contributed by atoms with E-state index in [4.69, 9.17) is 4.74 Å². The van der Waals surface area contributed by atoms with Gasteiger partial charge < -0.3 is 19.9 Å². The van der Waals surface area contributed by atoms with Crippen LogP contribution in [0.1, 0.15) is 34.6 Å². The summed E-state index contributed by atoms with van der Waals surface area (Å²) >= 11 is 0. The van der Waals surface area contributed by atoms with Gasteiger partial charge in [-0.05, 0) is 40.3 Å². The first-order valence-electron chi connectivity index (χ1n) is 9.03. The largest absolute Gasteiger partial charge is 0.459 e. The lowest BCUT2D eigenvalue weighted by atomic mass is 9.93. The topological polar surface area (TPSA) is 114 Å². The smallest absolute Gasteiger partial charge is 0.353 e. The molecular formula is C18H32N6O4. The summed E-state index contributed by atoms with van der Waals surface area (Å²) in [6, 6.07) is 0. The van der Waals surface area contributed by atoms with Crippen molar-refractivity contribution in [1.29, 1.82) is 0 Å². The zero-order valence-corrected chi connectivity index (χ0v) is 18.1. The van der Waals surface area contributed by atoms with Crippen molar-refractivity contribution in [3.63, 3.8) is 0 Å². The van der Waals surface area contributed by atoms with E-state index >= 15 is 0 Å². The van der Waals surface area contributed by atoms with E-state index in [0.717, 1.165) is 6.54 Å². The normalized spacial score (nSPS) is 12.0. The Morgan fingerprint density at radius 1 is 1.21 bits per heavy atom. The molecule has 158 valence electrons. The molecule has 1 N–H and O–H groups in total. The van der Waals surface area contributed by atoms with E-state index in [1.807, 2.05) is 14.1 Å². The summed E-state index contributed by atoms with van der Waals surface area (Å²) in [7, 11) is 5.50. The molecule has 0 bridgehead atoms. The van der Waals surface area contributed by atoms with Crippen molar-refractivity contribution in [2.45, 2.75) is 40.2 Å². The van der Waals surface area contributed by atoms with Crippen molar-refractivity contribution in [1.82, 2.24) is 14.9 Å². The Balaban J connectivity index is 3.04. The highest BCUT2D eigenvalue weighted by atomic mass is 16.6. The molecule has 1 aromatic rings. The summed E-state index contributed by atoms with van der Waals surface area (Å²) in [6.45, 7) is 10.5. The van der Waals surface area contributed by atoms with Crippen molar-refractivity contribution < 1.29 is 14.5 Å². The molecule has 10 nitrogen and oxygen atoms in total. The van der Waals surface area contributed by atoms with Crippen LogP contribution in [0, 0.1) is 15.5 Å². The summed E-state index contributed by atoms with van der Waals surface area (Å²) in [5.41, 5.74) is -1.04. The molecule has 0 aliphatic heterocycles. The van der Waals surface area contributed by atoms with E-state index in [9.17, 15) is 14.9 Å². The zero-order valence-electron chi connectivity index (χ0n) is 18.1. The van der Waals surface area contributed by atoms with Gasteiger partial charge in [-0.25, -0.2) is 9.97 Å². The van der Waals surface area contributed by atoms with Crippen LogP contribution in [-0.2, 0) is 9.53 Å². The predicted octanol–water partition coefficient (Wildman–Crippen LogP) is 2.16. The minimum Gasteiger partial charge on any atom is -0.459 e. The number of nitrogens with zero attached hydrogens (tertiary/aromatic N) is 5. The summed E-state index contributed by atoms with van der Waals surface area (Å²) in [5.74, 6) is -0.318. The van der Waals surface area contributed by atoms with Crippen molar-refractivity contribution in [2.24, 2.45) is 5.41 Å². The maximum atomic E-state index is 12.1. The second-order valence-electron chi connectivity index (χ2n) is 8.85. The predicted molar refractivity (Wildman–Crippen MR) is 109 cm³/mol. The first kappa shape index (κ1) is 23.5. The van der Waals surface area contributed by atoms with E-state index < -0.39 is 16.5 Å². The van der Waals surface area contributed by atoms with Gasteiger partial charge in [-0.1, -0.05) is 13.8 Å². The Labute approximate surface area is 166 Å². The fourth-order valence-corrected chi connectivity index (χ4v) is 2.82. The highest BCUT2D eigenvalue weighted by Crippen LogP contribution is 2.32. The number of nitrogens with one attached hydrogen (secondary N) is 1. The standard InChI is InChI=1S/C18H32N6O4/c1-17(2,3)28-13(25)9-23(8)16-14(24(26)27)15(20-12-21-16)19-10-18(4,5)11-22(6)7/h12H,9-11H2,1-8H3,(H,19,20,21). The monoisotopic (exact) mass is 396 g/mol. The van der Waals surface area contributed by atoms with Crippen molar-refractivity contribution in [3.05, 3.63) is 16.4 Å². The number of rotatable bonds is 9. The average Bonchev–Trinajstić information content (AvgIpc) is 2.49. The highest BCUT2D eigenvalue weighted by Gasteiger charge is 2.29. The number of anilines is 2. The number of aromatic nitrogens is 2. The molecule has 0 unspecified atom stereocenters. The maximum Gasteiger partial charge on any atom is 0.353 e. The van der Waals surface area contributed by atoms with Gasteiger partial charge in [0.2, 0.25) is 11.6 Å². The molecule has 0 radical (unpaired) electrons. The van der Waals surface area contributed by atoms with E-state index in [1.54, 1.807) is 27.8 Å². The minimum atomic E-state index is -0.639. The molecule has 10 heteroatoms. The van der Waals surface area contributed by atoms with E-state index in [0.29, 0.717) is 6.54 Å². The van der Waals surface area contributed by atoms with Gasteiger partial charge >= 0.3 is 11.7 Å². The quantitative estimate of drug-likeness (QED) is 0.381. The van der Waals surface area contributed by atoms with Crippen LogP contribution in [0.15, 0.2) is 6.33 Å². The van der Waals surface area contributed by atoms with Crippen LogP contribution in [0.25, 0.3) is 0 Å². The molecule has 28 heavy (non-hydrogen) atoms. The third kappa shape index (κ3) is 7.63. The van der Waals surface area contributed by atoms with Crippen LogP contribution in [0.5, 0.6) is 0 Å². The Morgan fingerprint density at radius 2 is 1.82 bits per heavy atom. The van der Waals surface area contributed by atoms with Gasteiger partial charge in [-0.15, -0.1) is 0 Å². The number of carbonyl (C=O) groups is 1. The Morgan fingerprint density at radius 3 is 2.32 bits per heavy atom. The number of nitro groups is 1. The van der Waals surface area contributed by atoms with Crippen molar-refractivity contribution >= 4 is 23.3 Å². The number of hydrogen-bond donors (Lipinski definition) is 1. The van der Waals surface area contributed by atoms with Gasteiger partial charge in [0.15, 0.2) is 0 Å². The number of esters is 1. The molecule has 0 aromatic carbocycles. The SMILES string of the molecule is CN(C)CC(C)(C)CNc1ncnc(N(C)CC(=O)OC(C)(C)C)c1[N+](=O)[O-]. The zero-order chi connectivity index (χ0) is 21.7. The fraction of sp³-hybridized carbons (Fsp3) is 0.722. The van der Waals surface area contributed by atoms with E-state index in [-0.39, 0.29) is 29.3 Å². The molecule has 0 saturated carbocycles. The lowest BCUT2D eigenvalue weighted by molar-refractivity contribution is -0.383. The molecule has 0 saturated heterocycles. The van der Waals surface area contributed by atoms with Gasteiger partial charge in [0, 0.05) is 20.1 Å². The molecule has 0 fully saturated rings. The second-order valence-corrected chi connectivity index (χ2v) is 8.85. The van der Waals surface area contributed by atoms with Crippen LogP contribution < -0.4 is 10.2 Å². The van der Waals surface area contributed by atoms with Crippen molar-refractivity contribution in [3.8, 4) is 0 Å². The number of hydrogen-bond acceptors (Lipinski definition) is 9. The molecule has 0 spiro atoms. The molecule has 1 heterocycles. The lowest BCUT2D eigenvalue weighted by Gasteiger charge is -2.28. The third-order valence-corrected chi connectivity index (χ3v) is 3.61. The maximum absolute atomic E-state index is 12.1. The average molecular weight is 396 g/mol. The van der Waals surface area contributed by atoms with Gasteiger partial charge in [0.1, 0.15) is 18.5 Å². The summed E-state index contributed by atoms with van der Waals surface area (Å²) < 4.78 is 5.28. The highest BCUT2D eigenvalue weighted by molar-refractivity contribution is 5.78. The lowest BCUT2D eigenvalue weighted by Crippen LogP contribution is -2.35. The first-order valence-corrected chi connectivity index (χ1v) is 9.03. The molecule has 0 aliphatic carbocycles. The molecule has 0 amide bonds. The number of carbonyl (C=O) groups excluding carboxylic acids is 1. The Bertz CT molecular complexity index is 700. The van der Waals surface area contributed by atoms with E-state index in [1.165, 1.54) is 11.2 Å². The Hall–Kier alpha value is -2.49. The molecule has 1 rings (SSSR count). The van der Waals surface area contributed by atoms with Crippen LogP contribution >= 0.6 is 0 Å².